The van der Waals surface area contributed by atoms with Gasteiger partial charge in [0, 0.05) is 6.42 Å². The maximum atomic E-state index is 11.8. The average Bonchev–Trinajstić information content (AvgIpc) is 2.43. The highest BCUT2D eigenvalue weighted by atomic mass is 16.2. The highest BCUT2D eigenvalue weighted by molar-refractivity contribution is 6.01. The Bertz CT molecular complexity index is 587. The monoisotopic (exact) mass is 271 g/mol. The Labute approximate surface area is 115 Å². The van der Waals surface area contributed by atoms with E-state index in [2.05, 4.69) is 10.6 Å². The molecule has 1 aromatic rings. The minimum absolute atomic E-state index is 0.128. The third-order valence-corrected chi connectivity index (χ3v) is 3.02. The van der Waals surface area contributed by atoms with Crippen molar-refractivity contribution in [2.75, 3.05) is 0 Å². The van der Waals surface area contributed by atoms with Crippen LogP contribution in [0.15, 0.2) is 24.3 Å². The van der Waals surface area contributed by atoms with E-state index >= 15 is 0 Å². The predicted octanol–water partition coefficient (Wildman–Crippen LogP) is 0.0222. The lowest BCUT2D eigenvalue weighted by atomic mass is 10.0. The molecular weight excluding hydrogens is 258 g/mol. The smallest absolute Gasteiger partial charge is 0.249 e. The summed E-state index contributed by atoms with van der Waals surface area (Å²) in [6.45, 7) is 0. The first kappa shape index (κ1) is 13.7. The van der Waals surface area contributed by atoms with Crippen LogP contribution in [0.1, 0.15) is 24.0 Å². The van der Waals surface area contributed by atoms with Crippen LogP contribution in [-0.4, -0.2) is 23.8 Å². The molecule has 1 unspecified atom stereocenters. The maximum absolute atomic E-state index is 11.8. The molecule has 1 aliphatic heterocycles. The predicted molar refractivity (Wildman–Crippen MR) is 69.2 cm³/mol. The summed E-state index contributed by atoms with van der Waals surface area (Å²) in [7, 11) is 0. The van der Waals surface area contributed by atoms with Crippen LogP contribution >= 0.6 is 0 Å². The number of piperidine rings is 1. The van der Waals surface area contributed by atoms with E-state index in [1.165, 1.54) is 0 Å². The fraction of sp³-hybridized carbons (Fsp3) is 0.286. The van der Waals surface area contributed by atoms with Crippen LogP contribution in [0.4, 0.5) is 0 Å². The topological polar surface area (TPSA) is 99.1 Å². The number of benzene rings is 1. The van der Waals surface area contributed by atoms with Crippen LogP contribution in [0.25, 0.3) is 0 Å². The summed E-state index contributed by atoms with van der Waals surface area (Å²) in [5.74, 6) is -1.06. The van der Waals surface area contributed by atoms with Crippen LogP contribution in [0.5, 0.6) is 0 Å². The number of carbonyl (C=O) groups excluding carboxylic acids is 3. The SMILES string of the molecule is N#Cc1ccc(CC(=O)NC2CCC(=O)NC2=O)cc1. The van der Waals surface area contributed by atoms with E-state index in [1.54, 1.807) is 24.3 Å². The highest BCUT2D eigenvalue weighted by Gasteiger charge is 2.27. The molecule has 1 fully saturated rings. The number of nitriles is 1. The van der Waals surface area contributed by atoms with Crippen molar-refractivity contribution in [1.29, 1.82) is 5.26 Å². The van der Waals surface area contributed by atoms with Gasteiger partial charge >= 0.3 is 0 Å². The Balaban J connectivity index is 1.90. The zero-order chi connectivity index (χ0) is 14.5. The van der Waals surface area contributed by atoms with E-state index in [0.717, 1.165) is 5.56 Å². The second-order valence-electron chi connectivity index (χ2n) is 4.56. The van der Waals surface area contributed by atoms with Crippen molar-refractivity contribution >= 4 is 17.7 Å². The molecule has 0 spiro atoms. The molecule has 0 aliphatic carbocycles. The zero-order valence-corrected chi connectivity index (χ0v) is 10.7. The van der Waals surface area contributed by atoms with Gasteiger partial charge in [0.2, 0.25) is 17.7 Å². The molecule has 2 rings (SSSR count). The summed E-state index contributed by atoms with van der Waals surface area (Å²) in [5.41, 5.74) is 1.29. The second kappa shape index (κ2) is 5.97. The van der Waals surface area contributed by atoms with Crippen molar-refractivity contribution in [3.63, 3.8) is 0 Å². The molecule has 1 heterocycles. The Morgan fingerprint density at radius 1 is 1.35 bits per heavy atom. The quantitative estimate of drug-likeness (QED) is 0.757. The summed E-state index contributed by atoms with van der Waals surface area (Å²) < 4.78 is 0. The van der Waals surface area contributed by atoms with Gasteiger partial charge in [0.15, 0.2) is 0 Å². The third kappa shape index (κ3) is 3.42. The Morgan fingerprint density at radius 3 is 2.65 bits per heavy atom. The van der Waals surface area contributed by atoms with E-state index in [-0.39, 0.29) is 24.7 Å². The lowest BCUT2D eigenvalue weighted by Crippen LogP contribution is -2.52. The van der Waals surface area contributed by atoms with E-state index < -0.39 is 11.9 Å². The lowest BCUT2D eigenvalue weighted by Gasteiger charge is -2.21. The highest BCUT2D eigenvalue weighted by Crippen LogP contribution is 2.07. The number of amides is 3. The van der Waals surface area contributed by atoms with Gasteiger partial charge in [-0.3, -0.25) is 19.7 Å². The van der Waals surface area contributed by atoms with Crippen LogP contribution in [0, 0.1) is 11.3 Å². The number of imide groups is 1. The largest absolute Gasteiger partial charge is 0.344 e. The number of rotatable bonds is 3. The average molecular weight is 271 g/mol. The fourth-order valence-electron chi connectivity index (χ4n) is 1.96. The molecule has 20 heavy (non-hydrogen) atoms. The first-order valence-electron chi connectivity index (χ1n) is 6.20. The molecule has 6 heteroatoms. The Hall–Kier alpha value is -2.68. The van der Waals surface area contributed by atoms with Gasteiger partial charge in [-0.05, 0) is 24.1 Å². The third-order valence-electron chi connectivity index (χ3n) is 3.02. The summed E-state index contributed by atoms with van der Waals surface area (Å²) in [6.07, 6.45) is 0.681. The van der Waals surface area contributed by atoms with Gasteiger partial charge in [-0.2, -0.15) is 5.26 Å². The number of nitrogens with zero attached hydrogens (tertiary/aromatic N) is 1. The van der Waals surface area contributed by atoms with Crippen molar-refractivity contribution in [3.8, 4) is 6.07 Å². The van der Waals surface area contributed by atoms with Gasteiger partial charge in [0.25, 0.3) is 0 Å². The van der Waals surface area contributed by atoms with Crippen molar-refractivity contribution in [1.82, 2.24) is 10.6 Å². The molecular formula is C14H13N3O3. The molecule has 2 N–H and O–H groups in total. The molecule has 1 atom stereocenters. The first-order valence-corrected chi connectivity index (χ1v) is 6.20. The molecule has 1 aromatic carbocycles. The van der Waals surface area contributed by atoms with Gasteiger partial charge in [0.05, 0.1) is 18.1 Å². The summed E-state index contributed by atoms with van der Waals surface area (Å²) in [6, 6.07) is 8.00. The molecule has 0 aromatic heterocycles. The van der Waals surface area contributed by atoms with Crippen LogP contribution < -0.4 is 10.6 Å². The summed E-state index contributed by atoms with van der Waals surface area (Å²) >= 11 is 0. The number of hydrogen-bond acceptors (Lipinski definition) is 4. The standard InChI is InChI=1S/C14H13N3O3/c15-8-10-3-1-9(2-4-10)7-13(19)16-11-5-6-12(18)17-14(11)20/h1-4,11H,5-7H2,(H,16,19)(H,17,18,20). The van der Waals surface area contributed by atoms with E-state index in [4.69, 9.17) is 5.26 Å². The summed E-state index contributed by atoms with van der Waals surface area (Å²) in [4.78, 5) is 34.3. The summed E-state index contributed by atoms with van der Waals surface area (Å²) in [5, 5.41) is 13.5. The molecule has 1 saturated heterocycles. The minimum Gasteiger partial charge on any atom is -0.344 e. The van der Waals surface area contributed by atoms with E-state index in [9.17, 15) is 14.4 Å². The Morgan fingerprint density at radius 2 is 2.05 bits per heavy atom. The molecule has 6 nitrogen and oxygen atoms in total. The van der Waals surface area contributed by atoms with Crippen molar-refractivity contribution in [2.24, 2.45) is 0 Å². The number of nitrogens with one attached hydrogen (secondary N) is 2. The Kier molecular flexibility index (Phi) is 4.11. The molecule has 102 valence electrons. The van der Waals surface area contributed by atoms with Crippen molar-refractivity contribution in [2.45, 2.75) is 25.3 Å². The van der Waals surface area contributed by atoms with Crippen LogP contribution in [-0.2, 0) is 20.8 Å². The second-order valence-corrected chi connectivity index (χ2v) is 4.56. The number of carbonyl (C=O) groups is 3. The first-order chi connectivity index (χ1) is 9.58. The zero-order valence-electron chi connectivity index (χ0n) is 10.7. The van der Waals surface area contributed by atoms with Crippen LogP contribution in [0.3, 0.4) is 0 Å². The molecule has 0 radical (unpaired) electrons. The molecule has 0 saturated carbocycles. The van der Waals surface area contributed by atoms with Gasteiger partial charge in [-0.25, -0.2) is 0 Å². The molecule has 1 aliphatic rings. The van der Waals surface area contributed by atoms with Gasteiger partial charge < -0.3 is 5.32 Å². The number of hydrogen-bond donors (Lipinski definition) is 2. The van der Waals surface area contributed by atoms with Crippen molar-refractivity contribution in [3.05, 3.63) is 35.4 Å². The normalized spacial score (nSPS) is 18.1. The van der Waals surface area contributed by atoms with Gasteiger partial charge in [-0.1, -0.05) is 12.1 Å². The molecule has 0 bridgehead atoms. The van der Waals surface area contributed by atoms with E-state index in [1.807, 2.05) is 6.07 Å². The van der Waals surface area contributed by atoms with E-state index in [0.29, 0.717) is 12.0 Å². The lowest BCUT2D eigenvalue weighted by molar-refractivity contribution is -0.137. The maximum Gasteiger partial charge on any atom is 0.249 e. The van der Waals surface area contributed by atoms with Gasteiger partial charge in [0.1, 0.15) is 6.04 Å². The minimum atomic E-state index is -0.654. The van der Waals surface area contributed by atoms with Crippen LogP contribution in [0.2, 0.25) is 0 Å². The molecule has 3 amide bonds. The van der Waals surface area contributed by atoms with Gasteiger partial charge in [-0.15, -0.1) is 0 Å². The fourth-order valence-corrected chi connectivity index (χ4v) is 1.96. The van der Waals surface area contributed by atoms with Crippen molar-refractivity contribution < 1.29 is 14.4 Å².